The Morgan fingerprint density at radius 3 is 2.44 bits per heavy atom. The Bertz CT molecular complexity index is 654. The van der Waals surface area contributed by atoms with Crippen molar-refractivity contribution in [2.45, 2.75) is 19.8 Å². The minimum absolute atomic E-state index is 0.0454. The number of ether oxygens (including phenoxy) is 1. The largest absolute Gasteiger partial charge is 0.455 e. The van der Waals surface area contributed by atoms with E-state index in [1.807, 2.05) is 6.92 Å². The molecule has 1 rings (SSSR count). The number of anilines is 1. The molecule has 8 nitrogen and oxygen atoms in total. The number of carbonyl (C=O) groups excluding carboxylic acids is 4. The van der Waals surface area contributed by atoms with Crippen molar-refractivity contribution in [3.63, 3.8) is 0 Å². The predicted octanol–water partition coefficient (Wildman–Crippen LogP) is 2.18. The third-order valence-corrected chi connectivity index (χ3v) is 4.17. The average molecular weight is 416 g/mol. The summed E-state index contributed by atoms with van der Waals surface area (Å²) >= 11 is 6.80. The molecule has 4 amide bonds. The van der Waals surface area contributed by atoms with Crippen LogP contribution in [0.2, 0.25) is 5.02 Å². The number of amides is 4. The molecule has 0 spiro atoms. The minimum atomic E-state index is -0.720. The van der Waals surface area contributed by atoms with E-state index in [0.29, 0.717) is 17.3 Å². The quantitative estimate of drug-likeness (QED) is 0.398. The van der Waals surface area contributed by atoms with E-state index in [1.165, 1.54) is 0 Å². The van der Waals surface area contributed by atoms with Gasteiger partial charge in [-0.15, -0.1) is 11.8 Å². The number of urea groups is 1. The lowest BCUT2D eigenvalue weighted by Crippen LogP contribution is -2.41. The van der Waals surface area contributed by atoms with Gasteiger partial charge >= 0.3 is 12.0 Å². The second-order valence-corrected chi connectivity index (χ2v) is 6.79. The lowest BCUT2D eigenvalue weighted by Gasteiger charge is -2.07. The highest BCUT2D eigenvalue weighted by Crippen LogP contribution is 2.13. The van der Waals surface area contributed by atoms with E-state index in [-0.39, 0.29) is 17.4 Å². The van der Waals surface area contributed by atoms with Crippen LogP contribution in [0, 0.1) is 0 Å². The van der Waals surface area contributed by atoms with Crippen LogP contribution < -0.4 is 16.0 Å². The van der Waals surface area contributed by atoms with Crippen molar-refractivity contribution in [2.75, 3.05) is 30.0 Å². The third kappa shape index (κ3) is 11.1. The Morgan fingerprint density at radius 1 is 1.07 bits per heavy atom. The lowest BCUT2D eigenvalue weighted by atomic mass is 10.3. The number of thioether (sulfide) groups is 1. The van der Waals surface area contributed by atoms with Crippen LogP contribution >= 0.6 is 23.4 Å². The second kappa shape index (κ2) is 13.0. The van der Waals surface area contributed by atoms with Crippen LogP contribution in [-0.2, 0) is 19.1 Å². The molecule has 1 aromatic carbocycles. The van der Waals surface area contributed by atoms with Gasteiger partial charge in [0, 0.05) is 17.3 Å². The zero-order valence-electron chi connectivity index (χ0n) is 14.9. The third-order valence-electron chi connectivity index (χ3n) is 3.01. The van der Waals surface area contributed by atoms with Gasteiger partial charge in [0.1, 0.15) is 0 Å². The standard InChI is InChI=1S/C17H22ClN3O5S/c1-2-3-8-19-17(25)21-14(22)9-26-16(24)11-27-10-15(23)20-13-6-4-12(18)5-7-13/h4-7H,2-3,8-11H2,1H3,(H,20,23)(H2,19,21,22,25). The first-order valence-electron chi connectivity index (χ1n) is 8.27. The molecule has 0 fully saturated rings. The Kier molecular flexibility index (Phi) is 11.0. The first kappa shape index (κ1) is 22.8. The van der Waals surface area contributed by atoms with E-state index < -0.39 is 24.5 Å². The number of imide groups is 1. The van der Waals surface area contributed by atoms with Gasteiger partial charge in [-0.05, 0) is 30.7 Å². The van der Waals surface area contributed by atoms with Gasteiger partial charge in [0.25, 0.3) is 5.91 Å². The van der Waals surface area contributed by atoms with E-state index in [1.54, 1.807) is 24.3 Å². The van der Waals surface area contributed by atoms with Crippen molar-refractivity contribution >= 4 is 52.9 Å². The maximum absolute atomic E-state index is 11.7. The van der Waals surface area contributed by atoms with E-state index in [9.17, 15) is 19.2 Å². The summed E-state index contributed by atoms with van der Waals surface area (Å²) in [6, 6.07) is 6.00. The van der Waals surface area contributed by atoms with Gasteiger partial charge in [0.15, 0.2) is 6.61 Å². The molecular formula is C17H22ClN3O5S. The van der Waals surface area contributed by atoms with Crippen LogP contribution in [0.15, 0.2) is 24.3 Å². The molecule has 0 bridgehead atoms. The Hall–Kier alpha value is -2.26. The molecular weight excluding hydrogens is 394 g/mol. The van der Waals surface area contributed by atoms with Crippen molar-refractivity contribution < 1.29 is 23.9 Å². The molecule has 0 unspecified atom stereocenters. The first-order valence-corrected chi connectivity index (χ1v) is 9.80. The lowest BCUT2D eigenvalue weighted by molar-refractivity contribution is -0.145. The normalized spacial score (nSPS) is 10.0. The molecule has 3 N–H and O–H groups in total. The van der Waals surface area contributed by atoms with E-state index in [2.05, 4.69) is 16.0 Å². The van der Waals surface area contributed by atoms with E-state index in [0.717, 1.165) is 24.6 Å². The van der Waals surface area contributed by atoms with Gasteiger partial charge in [-0.3, -0.25) is 19.7 Å². The average Bonchev–Trinajstić information content (AvgIpc) is 2.62. The fraction of sp³-hybridized carbons (Fsp3) is 0.412. The molecule has 0 aliphatic heterocycles. The minimum Gasteiger partial charge on any atom is -0.455 e. The number of carbonyl (C=O) groups is 4. The Morgan fingerprint density at radius 2 is 1.78 bits per heavy atom. The van der Waals surface area contributed by atoms with Gasteiger partial charge < -0.3 is 15.4 Å². The molecule has 0 radical (unpaired) electrons. The molecule has 0 aliphatic carbocycles. The number of benzene rings is 1. The highest BCUT2D eigenvalue weighted by molar-refractivity contribution is 8.00. The van der Waals surface area contributed by atoms with Gasteiger partial charge in [0.05, 0.1) is 11.5 Å². The molecule has 27 heavy (non-hydrogen) atoms. The Balaban J connectivity index is 2.14. The molecule has 0 saturated carbocycles. The zero-order chi connectivity index (χ0) is 20.1. The van der Waals surface area contributed by atoms with Crippen LogP contribution in [-0.4, -0.2) is 48.5 Å². The second-order valence-electron chi connectivity index (χ2n) is 5.37. The fourth-order valence-electron chi connectivity index (χ4n) is 1.73. The molecule has 10 heteroatoms. The molecule has 0 aromatic heterocycles. The molecule has 0 atom stereocenters. The van der Waals surface area contributed by atoms with Crippen LogP contribution in [0.25, 0.3) is 0 Å². The highest BCUT2D eigenvalue weighted by atomic mass is 35.5. The number of hydrogen-bond donors (Lipinski definition) is 3. The van der Waals surface area contributed by atoms with Gasteiger partial charge in [-0.2, -0.15) is 0 Å². The summed E-state index contributed by atoms with van der Waals surface area (Å²) in [5.41, 5.74) is 0.599. The number of rotatable bonds is 10. The molecule has 0 saturated heterocycles. The first-order chi connectivity index (χ1) is 12.9. The molecule has 0 heterocycles. The van der Waals surface area contributed by atoms with Crippen LogP contribution in [0.3, 0.4) is 0 Å². The summed E-state index contributed by atoms with van der Waals surface area (Å²) in [7, 11) is 0. The summed E-state index contributed by atoms with van der Waals surface area (Å²) in [6.45, 7) is 1.88. The summed E-state index contributed by atoms with van der Waals surface area (Å²) < 4.78 is 4.75. The van der Waals surface area contributed by atoms with Gasteiger partial charge in [0.2, 0.25) is 5.91 Å². The highest BCUT2D eigenvalue weighted by Gasteiger charge is 2.11. The smallest absolute Gasteiger partial charge is 0.321 e. The molecule has 0 aliphatic rings. The van der Waals surface area contributed by atoms with E-state index >= 15 is 0 Å². The summed E-state index contributed by atoms with van der Waals surface area (Å²) in [4.78, 5) is 46.1. The predicted molar refractivity (Wildman–Crippen MR) is 105 cm³/mol. The van der Waals surface area contributed by atoms with Crippen molar-refractivity contribution in [3.8, 4) is 0 Å². The van der Waals surface area contributed by atoms with E-state index in [4.69, 9.17) is 16.3 Å². The number of unbranched alkanes of at least 4 members (excludes halogenated alkanes) is 1. The maximum Gasteiger partial charge on any atom is 0.321 e. The fourth-order valence-corrected chi connectivity index (χ4v) is 2.47. The van der Waals surface area contributed by atoms with Crippen molar-refractivity contribution in [2.24, 2.45) is 0 Å². The SMILES string of the molecule is CCCCNC(=O)NC(=O)COC(=O)CSCC(=O)Nc1ccc(Cl)cc1. The van der Waals surface area contributed by atoms with Crippen LogP contribution in [0.4, 0.5) is 10.5 Å². The summed E-state index contributed by atoms with van der Waals surface area (Å²) in [5, 5.41) is 7.78. The monoisotopic (exact) mass is 415 g/mol. The van der Waals surface area contributed by atoms with Crippen molar-refractivity contribution in [1.29, 1.82) is 0 Å². The number of esters is 1. The topological polar surface area (TPSA) is 114 Å². The molecule has 148 valence electrons. The number of nitrogens with one attached hydrogen (secondary N) is 3. The maximum atomic E-state index is 11.7. The van der Waals surface area contributed by atoms with Gasteiger partial charge in [-0.25, -0.2) is 4.79 Å². The number of halogens is 1. The summed E-state index contributed by atoms with van der Waals surface area (Å²) in [6.07, 6.45) is 1.72. The van der Waals surface area contributed by atoms with Crippen molar-refractivity contribution in [1.82, 2.24) is 10.6 Å². The van der Waals surface area contributed by atoms with Crippen LogP contribution in [0.5, 0.6) is 0 Å². The molecule has 1 aromatic rings. The van der Waals surface area contributed by atoms with Crippen molar-refractivity contribution in [3.05, 3.63) is 29.3 Å². The number of hydrogen-bond acceptors (Lipinski definition) is 6. The summed E-state index contributed by atoms with van der Waals surface area (Å²) in [5.74, 6) is -1.70. The Labute approximate surface area is 166 Å². The van der Waals surface area contributed by atoms with Crippen LogP contribution in [0.1, 0.15) is 19.8 Å². The zero-order valence-corrected chi connectivity index (χ0v) is 16.5. The van der Waals surface area contributed by atoms with Gasteiger partial charge in [-0.1, -0.05) is 24.9 Å².